The van der Waals surface area contributed by atoms with Crippen LogP contribution in [-0.2, 0) is 42.9 Å². The molecule has 1 aliphatic heterocycles. The van der Waals surface area contributed by atoms with Crippen LogP contribution in [0.4, 0.5) is 0 Å². The number of hydrogen-bond acceptors (Lipinski definition) is 17. The molecule has 21 nitrogen and oxygen atoms in total. The van der Waals surface area contributed by atoms with Crippen molar-refractivity contribution in [2.24, 2.45) is 16.7 Å². The van der Waals surface area contributed by atoms with Crippen LogP contribution in [0.15, 0.2) is 118 Å². The number of nitrogens with one attached hydrogen (secondary N) is 3. The van der Waals surface area contributed by atoms with Crippen molar-refractivity contribution >= 4 is 41.5 Å². The number of hydrogen-bond donors (Lipinski definition) is 7. The summed E-state index contributed by atoms with van der Waals surface area (Å²) >= 11 is 0. The van der Waals surface area contributed by atoms with E-state index in [2.05, 4.69) is 5.32 Å². The molecule has 3 fully saturated rings. The molecule has 1 aromatic heterocycles. The number of benzene rings is 3. The Morgan fingerprint density at radius 2 is 1.40 bits per heavy atom. The van der Waals surface area contributed by atoms with Crippen molar-refractivity contribution in [1.29, 1.82) is 0 Å². The second kappa shape index (κ2) is 20.5. The summed E-state index contributed by atoms with van der Waals surface area (Å²) in [6.07, 6.45) is -10.5. The highest BCUT2D eigenvalue weighted by Crippen LogP contribution is 2.64. The summed E-state index contributed by atoms with van der Waals surface area (Å²) in [4.78, 5) is 118. The number of carboxylic acids is 1. The van der Waals surface area contributed by atoms with Crippen LogP contribution in [0.3, 0.4) is 0 Å². The average Bonchev–Trinajstić information content (AvgIpc) is 3.34. The van der Waals surface area contributed by atoms with Crippen LogP contribution in [0.2, 0.25) is 0 Å². The van der Waals surface area contributed by atoms with Crippen molar-refractivity contribution in [1.82, 2.24) is 15.3 Å². The Morgan fingerprint density at radius 3 is 1.93 bits per heavy atom. The minimum Gasteiger partial charge on any atom is -0.477 e. The topological polar surface area (TPSA) is 324 Å². The third kappa shape index (κ3) is 9.87. The fraction of sp³-hybridized carbons (Fsp3) is 0.404. The Kier molecular flexibility index (Phi) is 14.9. The third-order valence-corrected chi connectivity index (χ3v) is 14.5. The molecular formula is C52H55N3O18. The van der Waals surface area contributed by atoms with E-state index in [1.54, 1.807) is 92.7 Å². The number of amides is 1. The molecule has 3 aromatic carbocycles. The van der Waals surface area contributed by atoms with Gasteiger partial charge in [0.25, 0.3) is 11.5 Å². The summed E-state index contributed by atoms with van der Waals surface area (Å²) in [5.74, 6) is -8.18. The zero-order chi connectivity index (χ0) is 53.4. The summed E-state index contributed by atoms with van der Waals surface area (Å²) in [6, 6.07) is 23.7. The zero-order valence-electron chi connectivity index (χ0n) is 40.5. The maximum atomic E-state index is 15.5. The second-order valence-corrected chi connectivity index (χ2v) is 19.2. The number of ether oxygens (including phenoxy) is 5. The molecule has 0 radical (unpaired) electrons. The first-order valence-electron chi connectivity index (χ1n) is 23.1. The molecule has 1 amide bonds. The van der Waals surface area contributed by atoms with E-state index in [-0.39, 0.29) is 35.3 Å². The first-order valence-corrected chi connectivity index (χ1v) is 23.1. The highest BCUT2D eigenvalue weighted by molar-refractivity contribution is 5.96. The number of aliphatic hydroxyl groups is 3. The third-order valence-electron chi connectivity index (χ3n) is 14.5. The van der Waals surface area contributed by atoms with Crippen LogP contribution in [0.25, 0.3) is 0 Å². The smallest absolute Gasteiger partial charge is 0.352 e. The number of aromatic amines is 2. The molecular weight excluding hydrogens is 955 g/mol. The largest absolute Gasteiger partial charge is 0.477 e. The first-order chi connectivity index (χ1) is 34.4. The maximum absolute atomic E-state index is 15.5. The van der Waals surface area contributed by atoms with E-state index in [9.17, 15) is 53.7 Å². The lowest BCUT2D eigenvalue weighted by atomic mass is 9.44. The lowest BCUT2D eigenvalue weighted by Gasteiger charge is -2.67. The fourth-order valence-corrected chi connectivity index (χ4v) is 10.8. The van der Waals surface area contributed by atoms with Gasteiger partial charge in [-0.2, -0.15) is 0 Å². The minimum atomic E-state index is -2.39. The van der Waals surface area contributed by atoms with Crippen LogP contribution in [-0.4, -0.2) is 126 Å². The Labute approximate surface area is 416 Å². The molecule has 4 aromatic rings. The lowest BCUT2D eigenvalue weighted by molar-refractivity contribution is -0.346. The molecule has 7 N–H and O–H groups in total. The van der Waals surface area contributed by atoms with Crippen molar-refractivity contribution in [2.75, 3.05) is 6.61 Å². The van der Waals surface area contributed by atoms with Crippen LogP contribution < -0.4 is 16.6 Å². The van der Waals surface area contributed by atoms with Gasteiger partial charge in [-0.05, 0) is 54.8 Å². The standard InChI is InChI=1S/C47H51NO14.C5H4N2O4/c1-25-31(60-43(56)36(52)35(28-16-10-7-11-17-28)48-41(54)29-18-12-8-13-19-29)23-47(57)40(61-42(55)30-20-14-9-15-21-30)38-45(6,32(51)22-33-46(38,24-58-33)62-27(3)50)39(53)37(59-26(2)49)34(25)44(47,4)5;8-3-1-2(4(9)10)6-5(11)7-3/h7-21,31-33,35-38,40,51-52,57H,22-24H2,1-6H3,(H,48,54);1H,(H,9,10)(H2,6,7,8,11)/t31-,32-,33+,35-,36+,37+,38-,40-,45+,46-,47+;/m0./s1. The van der Waals surface area contributed by atoms with Crippen LogP contribution >= 0.6 is 0 Å². The molecule has 3 aliphatic carbocycles. The molecule has 4 aliphatic rings. The number of carbonyl (C=O) groups excluding carboxylic acids is 6. The van der Waals surface area contributed by atoms with Gasteiger partial charge in [-0.3, -0.25) is 29.0 Å². The van der Waals surface area contributed by atoms with E-state index in [4.69, 9.17) is 28.8 Å². The van der Waals surface area contributed by atoms with Gasteiger partial charge < -0.3 is 54.4 Å². The normalized spacial score (nSPS) is 28.5. The molecule has 11 atom stereocenters. The lowest BCUT2D eigenvalue weighted by Crippen LogP contribution is -2.82. The number of aromatic nitrogens is 2. The number of aromatic carboxylic acids is 1. The van der Waals surface area contributed by atoms with Crippen molar-refractivity contribution in [3.8, 4) is 0 Å². The number of aliphatic hydroxyl groups excluding tert-OH is 2. The summed E-state index contributed by atoms with van der Waals surface area (Å²) in [6.45, 7) is 7.97. The Balaban J connectivity index is 0.000000628. The van der Waals surface area contributed by atoms with Crippen molar-refractivity contribution < 1.29 is 77.7 Å². The highest BCUT2D eigenvalue weighted by atomic mass is 16.6. The molecule has 2 saturated carbocycles. The predicted molar refractivity (Wildman–Crippen MR) is 252 cm³/mol. The summed E-state index contributed by atoms with van der Waals surface area (Å²) in [5.41, 5.74) is -8.99. The number of Topliss-reactive ketones (excluding diaryl/α,β-unsaturated/α-hetero) is 1. The molecule has 8 rings (SSSR count). The average molecular weight is 1010 g/mol. The molecule has 21 heteroatoms. The van der Waals surface area contributed by atoms with Crippen molar-refractivity contribution in [3.63, 3.8) is 0 Å². The minimum absolute atomic E-state index is 0.00289. The van der Waals surface area contributed by atoms with Gasteiger partial charge in [-0.25, -0.2) is 19.2 Å². The summed E-state index contributed by atoms with van der Waals surface area (Å²) in [5, 5.41) is 48.5. The molecule has 0 spiro atoms. The van der Waals surface area contributed by atoms with Gasteiger partial charge in [0, 0.05) is 43.7 Å². The van der Waals surface area contributed by atoms with E-state index < -0.39 is 136 Å². The number of fused-ring (bicyclic) bond motifs is 5. The highest BCUT2D eigenvalue weighted by Gasteiger charge is 2.78. The van der Waals surface area contributed by atoms with Crippen molar-refractivity contribution in [3.05, 3.63) is 151 Å². The van der Waals surface area contributed by atoms with E-state index >= 15 is 4.79 Å². The second-order valence-electron chi connectivity index (χ2n) is 19.2. The van der Waals surface area contributed by atoms with E-state index in [0.717, 1.165) is 19.9 Å². The van der Waals surface area contributed by atoms with Gasteiger partial charge >= 0.3 is 35.5 Å². The van der Waals surface area contributed by atoms with Gasteiger partial charge in [-0.1, -0.05) is 80.6 Å². The monoisotopic (exact) mass is 1010 g/mol. The molecule has 1 saturated heterocycles. The van der Waals surface area contributed by atoms with Crippen LogP contribution in [0.5, 0.6) is 0 Å². The number of rotatable bonds is 11. The van der Waals surface area contributed by atoms with Gasteiger partial charge in [0.05, 0.1) is 35.6 Å². The number of ketones is 1. The summed E-state index contributed by atoms with van der Waals surface area (Å²) < 4.78 is 30.3. The molecule has 0 unspecified atom stereocenters. The SMILES string of the molecule is CC(=O)O[C@H]1C(=O)[C@@]2(C)[C@H]([C@H](OC(=O)c3ccccc3)[C@]3(O)C[C@H](OC(=O)[C@H](O)[C@@H](NC(=O)c4ccccc4)c4ccccc4)C(C)=C1C3(C)C)[C@]1(OC(C)=O)CO[C@@H]1C[C@@H]2O.O=C(O)c1cc(=O)[nH]c(=O)[nH]1. The van der Waals surface area contributed by atoms with E-state index in [1.807, 2.05) is 9.97 Å². The predicted octanol–water partition coefficient (Wildman–Crippen LogP) is 2.50. The van der Waals surface area contributed by atoms with Crippen LogP contribution in [0, 0.1) is 16.7 Å². The quantitative estimate of drug-likeness (QED) is 0.0645. The maximum Gasteiger partial charge on any atom is 0.352 e. The first kappa shape index (κ1) is 53.2. The van der Waals surface area contributed by atoms with E-state index in [0.29, 0.717) is 5.56 Å². The van der Waals surface area contributed by atoms with Gasteiger partial charge in [0.2, 0.25) is 0 Å². The van der Waals surface area contributed by atoms with Crippen molar-refractivity contribution in [2.45, 2.75) is 108 Å². The Morgan fingerprint density at radius 1 is 0.808 bits per heavy atom. The van der Waals surface area contributed by atoms with Gasteiger partial charge in [0.1, 0.15) is 29.6 Å². The Hall–Kier alpha value is -7.59. The molecule has 2 bridgehead atoms. The van der Waals surface area contributed by atoms with Crippen LogP contribution in [0.1, 0.15) is 97.2 Å². The molecule has 2 heterocycles. The number of carbonyl (C=O) groups is 7. The zero-order valence-corrected chi connectivity index (χ0v) is 40.5. The number of carboxylic acid groups (broad SMARTS) is 1. The van der Waals surface area contributed by atoms with E-state index in [1.165, 1.54) is 26.0 Å². The molecule has 386 valence electrons. The van der Waals surface area contributed by atoms with Gasteiger partial charge in [0.15, 0.2) is 23.6 Å². The fourth-order valence-electron chi connectivity index (χ4n) is 10.8. The summed E-state index contributed by atoms with van der Waals surface area (Å²) in [7, 11) is 0. The number of esters is 4. The number of H-pyrrole nitrogens is 2. The van der Waals surface area contributed by atoms with Gasteiger partial charge in [-0.15, -0.1) is 0 Å². The Bertz CT molecular complexity index is 2930. The molecule has 73 heavy (non-hydrogen) atoms.